The summed E-state index contributed by atoms with van der Waals surface area (Å²) in [6, 6.07) is 7.88. The fourth-order valence-corrected chi connectivity index (χ4v) is 2.28. The van der Waals surface area contributed by atoms with Crippen LogP contribution in [0.3, 0.4) is 0 Å². The zero-order valence-electron chi connectivity index (χ0n) is 9.69. The molecule has 0 bridgehead atoms. The third-order valence-electron chi connectivity index (χ3n) is 2.34. The summed E-state index contributed by atoms with van der Waals surface area (Å²) >= 11 is 1.57. The van der Waals surface area contributed by atoms with Crippen LogP contribution in [-0.2, 0) is 6.54 Å². The first-order valence-electron chi connectivity index (χ1n) is 5.52. The molecule has 0 saturated carbocycles. The van der Waals surface area contributed by atoms with E-state index in [0.29, 0.717) is 11.7 Å². The van der Waals surface area contributed by atoms with Gasteiger partial charge in [-0.25, -0.2) is 4.79 Å². The summed E-state index contributed by atoms with van der Waals surface area (Å²) < 4.78 is 0. The SMILES string of the molecule is Cc1cccc(CNC(=O)NC2=NCCS2)c1. The smallest absolute Gasteiger partial charge is 0.321 e. The molecule has 0 radical (unpaired) electrons. The van der Waals surface area contributed by atoms with E-state index in [9.17, 15) is 4.79 Å². The van der Waals surface area contributed by atoms with Crippen molar-refractivity contribution in [1.29, 1.82) is 0 Å². The summed E-state index contributed by atoms with van der Waals surface area (Å²) in [5.41, 5.74) is 2.29. The molecule has 4 nitrogen and oxygen atoms in total. The molecule has 1 heterocycles. The third kappa shape index (κ3) is 3.78. The number of thioether (sulfide) groups is 1. The van der Waals surface area contributed by atoms with Crippen molar-refractivity contribution in [2.75, 3.05) is 12.3 Å². The standard InChI is InChI=1S/C12H15N3OS/c1-9-3-2-4-10(7-9)8-14-11(16)15-12-13-5-6-17-12/h2-4,7H,5-6,8H2,1H3,(H2,13,14,15,16). The molecule has 17 heavy (non-hydrogen) atoms. The van der Waals surface area contributed by atoms with Crippen LogP contribution < -0.4 is 10.6 Å². The van der Waals surface area contributed by atoms with Crippen molar-refractivity contribution in [3.63, 3.8) is 0 Å². The number of amidine groups is 1. The molecule has 0 unspecified atom stereocenters. The van der Waals surface area contributed by atoms with Gasteiger partial charge in [-0.3, -0.25) is 10.3 Å². The predicted molar refractivity (Wildman–Crippen MR) is 71.3 cm³/mol. The Bertz CT molecular complexity index is 445. The molecule has 90 valence electrons. The molecule has 1 aliphatic rings. The molecule has 2 amide bonds. The lowest BCUT2D eigenvalue weighted by Gasteiger charge is -2.07. The van der Waals surface area contributed by atoms with Crippen LogP contribution in [0, 0.1) is 6.92 Å². The summed E-state index contributed by atoms with van der Waals surface area (Å²) in [5.74, 6) is 0.952. The summed E-state index contributed by atoms with van der Waals surface area (Å²) in [6.45, 7) is 3.36. The van der Waals surface area contributed by atoms with Crippen LogP contribution in [0.5, 0.6) is 0 Å². The van der Waals surface area contributed by atoms with E-state index in [4.69, 9.17) is 0 Å². The molecular weight excluding hydrogens is 234 g/mol. The van der Waals surface area contributed by atoms with Crippen molar-refractivity contribution in [3.05, 3.63) is 35.4 Å². The minimum atomic E-state index is -0.195. The second kappa shape index (κ2) is 5.72. The highest BCUT2D eigenvalue weighted by Crippen LogP contribution is 2.08. The fraction of sp³-hybridized carbons (Fsp3) is 0.333. The first-order valence-corrected chi connectivity index (χ1v) is 6.50. The van der Waals surface area contributed by atoms with Gasteiger partial charge in [0.05, 0.1) is 6.54 Å². The average Bonchev–Trinajstić information content (AvgIpc) is 2.79. The van der Waals surface area contributed by atoms with E-state index >= 15 is 0 Å². The highest BCUT2D eigenvalue weighted by molar-refractivity contribution is 8.14. The van der Waals surface area contributed by atoms with Crippen LogP contribution >= 0.6 is 11.8 Å². The molecule has 0 fully saturated rings. The highest BCUT2D eigenvalue weighted by atomic mass is 32.2. The van der Waals surface area contributed by atoms with E-state index in [0.717, 1.165) is 17.9 Å². The van der Waals surface area contributed by atoms with Crippen LogP contribution in [-0.4, -0.2) is 23.5 Å². The van der Waals surface area contributed by atoms with Crippen LogP contribution in [0.2, 0.25) is 0 Å². The molecule has 0 atom stereocenters. The van der Waals surface area contributed by atoms with Gasteiger partial charge < -0.3 is 5.32 Å². The first kappa shape index (κ1) is 12.0. The fourth-order valence-electron chi connectivity index (χ4n) is 1.56. The Labute approximate surface area is 105 Å². The van der Waals surface area contributed by atoms with Crippen molar-refractivity contribution < 1.29 is 4.79 Å². The second-order valence-electron chi connectivity index (χ2n) is 3.83. The van der Waals surface area contributed by atoms with E-state index in [2.05, 4.69) is 21.7 Å². The van der Waals surface area contributed by atoms with Crippen molar-refractivity contribution in [1.82, 2.24) is 10.6 Å². The van der Waals surface area contributed by atoms with Crippen LogP contribution in [0.4, 0.5) is 4.79 Å². The van der Waals surface area contributed by atoms with Gasteiger partial charge in [0.1, 0.15) is 0 Å². The molecule has 0 saturated heterocycles. The molecule has 1 aromatic rings. The molecular formula is C12H15N3OS. The van der Waals surface area contributed by atoms with Crippen molar-refractivity contribution in [3.8, 4) is 0 Å². The number of hydrogen-bond acceptors (Lipinski definition) is 3. The maximum atomic E-state index is 11.5. The van der Waals surface area contributed by atoms with Gasteiger partial charge in [0.2, 0.25) is 0 Å². The topological polar surface area (TPSA) is 53.5 Å². The minimum absolute atomic E-state index is 0.195. The van der Waals surface area contributed by atoms with Gasteiger partial charge in [0.15, 0.2) is 5.17 Å². The molecule has 2 N–H and O–H groups in total. The Balaban J connectivity index is 1.79. The molecule has 0 spiro atoms. The lowest BCUT2D eigenvalue weighted by atomic mass is 10.1. The van der Waals surface area contributed by atoms with Crippen LogP contribution in [0.15, 0.2) is 29.3 Å². The summed E-state index contributed by atoms with van der Waals surface area (Å²) in [4.78, 5) is 15.7. The van der Waals surface area contributed by atoms with Gasteiger partial charge in [-0.2, -0.15) is 0 Å². The number of carbonyl (C=O) groups excluding carboxylic acids is 1. The van der Waals surface area contributed by atoms with Gasteiger partial charge >= 0.3 is 6.03 Å². The van der Waals surface area contributed by atoms with E-state index in [-0.39, 0.29) is 6.03 Å². The summed E-state index contributed by atoms with van der Waals surface area (Å²) in [5, 5.41) is 6.25. The minimum Gasteiger partial charge on any atom is -0.334 e. The van der Waals surface area contributed by atoms with E-state index in [1.165, 1.54) is 5.56 Å². The molecule has 1 aliphatic heterocycles. The van der Waals surface area contributed by atoms with Gasteiger partial charge in [-0.05, 0) is 12.5 Å². The quantitative estimate of drug-likeness (QED) is 0.841. The normalized spacial score (nSPS) is 14.3. The third-order valence-corrected chi connectivity index (χ3v) is 3.23. The lowest BCUT2D eigenvalue weighted by Crippen LogP contribution is -2.37. The molecule has 1 aromatic carbocycles. The van der Waals surface area contributed by atoms with E-state index in [1.54, 1.807) is 11.8 Å². The van der Waals surface area contributed by atoms with Crippen LogP contribution in [0.1, 0.15) is 11.1 Å². The number of nitrogens with one attached hydrogen (secondary N) is 2. The molecule has 0 aromatic heterocycles. The van der Waals surface area contributed by atoms with Crippen molar-refractivity contribution in [2.45, 2.75) is 13.5 Å². The summed E-state index contributed by atoms with van der Waals surface area (Å²) in [7, 11) is 0. The maximum Gasteiger partial charge on any atom is 0.321 e. The number of aryl methyl sites for hydroxylation is 1. The number of urea groups is 1. The van der Waals surface area contributed by atoms with Crippen molar-refractivity contribution in [2.24, 2.45) is 4.99 Å². The molecule has 0 aliphatic carbocycles. The first-order chi connectivity index (χ1) is 8.24. The van der Waals surface area contributed by atoms with Crippen LogP contribution in [0.25, 0.3) is 0 Å². The van der Waals surface area contributed by atoms with Gasteiger partial charge in [-0.1, -0.05) is 41.6 Å². The lowest BCUT2D eigenvalue weighted by molar-refractivity contribution is 0.245. The Hall–Kier alpha value is -1.49. The second-order valence-corrected chi connectivity index (χ2v) is 4.92. The zero-order valence-corrected chi connectivity index (χ0v) is 10.5. The summed E-state index contributed by atoms with van der Waals surface area (Å²) in [6.07, 6.45) is 0. The van der Waals surface area contributed by atoms with Crippen molar-refractivity contribution >= 4 is 23.0 Å². The number of nitrogens with zero attached hydrogens (tertiary/aromatic N) is 1. The Morgan fingerprint density at radius 1 is 1.53 bits per heavy atom. The predicted octanol–water partition coefficient (Wildman–Crippen LogP) is 1.90. The number of benzene rings is 1. The van der Waals surface area contributed by atoms with Gasteiger partial charge in [0, 0.05) is 12.3 Å². The molecule has 2 rings (SSSR count). The molecule has 5 heteroatoms. The Morgan fingerprint density at radius 3 is 3.12 bits per heavy atom. The zero-order chi connectivity index (χ0) is 12.1. The van der Waals surface area contributed by atoms with E-state index in [1.807, 2.05) is 25.1 Å². The largest absolute Gasteiger partial charge is 0.334 e. The number of aliphatic imine (C=N–C) groups is 1. The van der Waals surface area contributed by atoms with E-state index < -0.39 is 0 Å². The van der Waals surface area contributed by atoms with Gasteiger partial charge in [-0.15, -0.1) is 0 Å². The number of amides is 2. The number of rotatable bonds is 2. The Morgan fingerprint density at radius 2 is 2.41 bits per heavy atom. The Kier molecular flexibility index (Phi) is 4.03. The number of carbonyl (C=O) groups is 1. The number of hydrogen-bond donors (Lipinski definition) is 2. The maximum absolute atomic E-state index is 11.5. The van der Waals surface area contributed by atoms with Gasteiger partial charge in [0.25, 0.3) is 0 Å². The average molecular weight is 249 g/mol. The monoisotopic (exact) mass is 249 g/mol. The highest BCUT2D eigenvalue weighted by Gasteiger charge is 2.09.